The monoisotopic (exact) mass is 652 g/mol. The van der Waals surface area contributed by atoms with Crippen LogP contribution in [0.15, 0.2) is 158 Å². The zero-order valence-electron chi connectivity index (χ0n) is 28.3. The number of para-hydroxylation sites is 1. The van der Waals surface area contributed by atoms with Gasteiger partial charge in [-0.1, -0.05) is 117 Å². The summed E-state index contributed by atoms with van der Waals surface area (Å²) in [6.07, 6.45) is 1.88. The van der Waals surface area contributed by atoms with Gasteiger partial charge in [0.1, 0.15) is 11.6 Å². The van der Waals surface area contributed by atoms with Crippen molar-refractivity contribution >= 4 is 49.8 Å². The Bertz CT molecular complexity index is 2890. The van der Waals surface area contributed by atoms with E-state index in [0.29, 0.717) is 0 Å². The first-order valence-corrected chi connectivity index (χ1v) is 17.6. The van der Waals surface area contributed by atoms with E-state index < -0.39 is 0 Å². The van der Waals surface area contributed by atoms with E-state index in [0.717, 1.165) is 45.3 Å². The third-order valence-electron chi connectivity index (χ3n) is 11.2. The highest BCUT2D eigenvalue weighted by Crippen LogP contribution is 2.55. The summed E-state index contributed by atoms with van der Waals surface area (Å²) in [5.41, 5.74) is 14.4. The van der Waals surface area contributed by atoms with Gasteiger partial charge in [-0.25, -0.2) is 9.97 Å². The summed E-state index contributed by atoms with van der Waals surface area (Å²) in [5.74, 6) is 1.79. The van der Waals surface area contributed by atoms with Crippen LogP contribution in [0.3, 0.4) is 0 Å². The number of pyridine rings is 2. The Morgan fingerprint density at radius 1 is 0.529 bits per heavy atom. The van der Waals surface area contributed by atoms with Gasteiger partial charge in [0, 0.05) is 38.9 Å². The van der Waals surface area contributed by atoms with E-state index in [-0.39, 0.29) is 5.41 Å². The summed E-state index contributed by atoms with van der Waals surface area (Å²) in [4.78, 5) is 12.7. The Labute approximate surface area is 295 Å². The lowest BCUT2D eigenvalue weighted by Crippen LogP contribution is -2.16. The summed E-state index contributed by atoms with van der Waals surface area (Å²) in [5, 5.41) is 4.83. The molecular weight excluding hydrogens is 621 g/mol. The highest BCUT2D eigenvalue weighted by atomic mass is 15.2. The Morgan fingerprint density at radius 2 is 1.29 bits per heavy atom. The molecule has 6 aromatic carbocycles. The van der Waals surface area contributed by atoms with E-state index in [1.165, 1.54) is 54.9 Å². The van der Waals surface area contributed by atoms with Crippen LogP contribution in [0.25, 0.3) is 71.9 Å². The average Bonchev–Trinajstić information content (AvgIpc) is 3.64. The number of anilines is 3. The molecule has 0 spiro atoms. The van der Waals surface area contributed by atoms with Gasteiger partial charge in [0.05, 0.1) is 28.1 Å². The van der Waals surface area contributed by atoms with E-state index in [2.05, 4.69) is 169 Å². The SMILES string of the molecule is CC1(C)c2ccccc2-c2cc(-c3cccc(-n4c5ccccc5c5c6c(ccc54)-c4cccc5cccc(c45)N6c4ccccn4)n3)ccc21. The number of nitrogens with zero attached hydrogens (tertiary/aromatic N) is 4. The lowest BCUT2D eigenvalue weighted by molar-refractivity contribution is 0.660. The van der Waals surface area contributed by atoms with E-state index in [1.54, 1.807) is 0 Å². The van der Waals surface area contributed by atoms with Crippen LogP contribution in [0.1, 0.15) is 25.0 Å². The maximum absolute atomic E-state index is 5.40. The Hall–Kier alpha value is -6.52. The number of aromatic nitrogens is 3. The van der Waals surface area contributed by atoms with Crippen molar-refractivity contribution in [3.8, 4) is 39.3 Å². The van der Waals surface area contributed by atoms with Gasteiger partial charge in [0.15, 0.2) is 0 Å². The molecule has 4 heterocycles. The summed E-state index contributed by atoms with van der Waals surface area (Å²) >= 11 is 0. The summed E-state index contributed by atoms with van der Waals surface area (Å²) in [6.45, 7) is 4.65. The minimum atomic E-state index is -0.0307. The van der Waals surface area contributed by atoms with E-state index in [1.807, 2.05) is 12.3 Å². The van der Waals surface area contributed by atoms with E-state index >= 15 is 0 Å². The predicted molar refractivity (Wildman–Crippen MR) is 211 cm³/mol. The molecule has 4 nitrogen and oxygen atoms in total. The summed E-state index contributed by atoms with van der Waals surface area (Å²) in [6, 6.07) is 54.7. The van der Waals surface area contributed by atoms with Crippen molar-refractivity contribution in [1.82, 2.24) is 14.5 Å². The average molecular weight is 653 g/mol. The molecule has 0 atom stereocenters. The van der Waals surface area contributed by atoms with Crippen molar-refractivity contribution in [3.05, 3.63) is 169 Å². The molecule has 0 bridgehead atoms. The second-order valence-electron chi connectivity index (χ2n) is 14.2. The first-order chi connectivity index (χ1) is 25.1. The van der Waals surface area contributed by atoms with Crippen molar-refractivity contribution in [2.75, 3.05) is 4.90 Å². The van der Waals surface area contributed by atoms with E-state index in [4.69, 9.17) is 9.97 Å². The normalized spacial score (nSPS) is 13.8. The predicted octanol–water partition coefficient (Wildman–Crippen LogP) is 12.2. The van der Waals surface area contributed by atoms with Crippen LogP contribution in [-0.4, -0.2) is 14.5 Å². The summed E-state index contributed by atoms with van der Waals surface area (Å²) in [7, 11) is 0. The van der Waals surface area contributed by atoms with Gasteiger partial charge in [-0.3, -0.25) is 9.47 Å². The maximum atomic E-state index is 5.40. The zero-order chi connectivity index (χ0) is 33.8. The second-order valence-corrected chi connectivity index (χ2v) is 14.2. The van der Waals surface area contributed by atoms with Crippen molar-refractivity contribution in [1.29, 1.82) is 0 Å². The van der Waals surface area contributed by atoms with Crippen LogP contribution in [0, 0.1) is 0 Å². The number of rotatable bonds is 3. The number of hydrogen-bond donors (Lipinski definition) is 0. The fraction of sp³-hybridized carbons (Fsp3) is 0.0638. The van der Waals surface area contributed by atoms with Gasteiger partial charge in [0.25, 0.3) is 0 Å². The zero-order valence-corrected chi connectivity index (χ0v) is 28.3. The molecule has 0 fully saturated rings. The van der Waals surface area contributed by atoms with Crippen molar-refractivity contribution < 1.29 is 0 Å². The van der Waals surface area contributed by atoms with Crippen molar-refractivity contribution in [2.24, 2.45) is 0 Å². The number of benzene rings is 6. The summed E-state index contributed by atoms with van der Waals surface area (Å²) < 4.78 is 2.33. The van der Waals surface area contributed by atoms with Gasteiger partial charge in [0.2, 0.25) is 0 Å². The fourth-order valence-corrected chi connectivity index (χ4v) is 8.90. The minimum absolute atomic E-state index is 0.0307. The molecule has 240 valence electrons. The molecule has 51 heavy (non-hydrogen) atoms. The van der Waals surface area contributed by atoms with E-state index in [9.17, 15) is 0 Å². The van der Waals surface area contributed by atoms with Crippen LogP contribution in [0.2, 0.25) is 0 Å². The topological polar surface area (TPSA) is 34.0 Å². The maximum Gasteiger partial charge on any atom is 0.138 e. The molecule has 0 saturated heterocycles. The van der Waals surface area contributed by atoms with Gasteiger partial charge in [-0.15, -0.1) is 0 Å². The number of hydrogen-bond acceptors (Lipinski definition) is 3. The molecule has 1 aliphatic heterocycles. The highest BCUT2D eigenvalue weighted by molar-refractivity contribution is 6.24. The molecule has 1 aliphatic carbocycles. The van der Waals surface area contributed by atoms with Gasteiger partial charge in [-0.2, -0.15) is 0 Å². The largest absolute Gasteiger partial charge is 0.294 e. The molecule has 9 aromatic rings. The molecule has 0 radical (unpaired) electrons. The van der Waals surface area contributed by atoms with Crippen molar-refractivity contribution in [2.45, 2.75) is 19.3 Å². The number of fused-ring (bicyclic) bond motifs is 9. The van der Waals surface area contributed by atoms with Crippen LogP contribution in [-0.2, 0) is 5.41 Å². The lowest BCUT2D eigenvalue weighted by atomic mass is 9.82. The van der Waals surface area contributed by atoms with Crippen LogP contribution < -0.4 is 4.90 Å². The fourth-order valence-electron chi connectivity index (χ4n) is 8.90. The molecule has 0 unspecified atom stereocenters. The van der Waals surface area contributed by atoms with Crippen molar-refractivity contribution in [3.63, 3.8) is 0 Å². The quantitative estimate of drug-likeness (QED) is 0.190. The Morgan fingerprint density at radius 3 is 2.20 bits per heavy atom. The molecule has 2 aliphatic rings. The van der Waals surface area contributed by atoms with Crippen LogP contribution in [0.4, 0.5) is 17.2 Å². The first kappa shape index (κ1) is 28.3. The third-order valence-corrected chi connectivity index (χ3v) is 11.2. The molecule has 0 saturated carbocycles. The smallest absolute Gasteiger partial charge is 0.138 e. The molecule has 11 rings (SSSR count). The Balaban J connectivity index is 1.16. The molecule has 0 amide bonds. The third kappa shape index (κ3) is 3.85. The Kier molecular flexibility index (Phi) is 5.70. The standard InChI is InChI=1S/C47H32N4/c1-47(2)36-17-5-3-14-31(36)35-28-30(23-25-37(35)47)38-18-11-22-43(49-38)50-39-19-6-4-15-34(39)45-41(50)26-24-33-32-16-9-12-29-13-10-20-40(44(29)32)51(46(33)45)42-21-7-8-27-48-42/h3-28H,1-2H3. The highest BCUT2D eigenvalue weighted by Gasteiger charge is 2.35. The first-order valence-electron chi connectivity index (χ1n) is 17.6. The van der Waals surface area contributed by atoms with Crippen LogP contribution >= 0.6 is 0 Å². The minimum Gasteiger partial charge on any atom is -0.294 e. The van der Waals surface area contributed by atoms with Gasteiger partial charge >= 0.3 is 0 Å². The van der Waals surface area contributed by atoms with Crippen LogP contribution in [0.5, 0.6) is 0 Å². The lowest BCUT2D eigenvalue weighted by Gasteiger charge is -2.33. The van der Waals surface area contributed by atoms with Gasteiger partial charge < -0.3 is 0 Å². The second kappa shape index (κ2) is 10.3. The molecule has 3 aromatic heterocycles. The molecule has 0 N–H and O–H groups in total. The van der Waals surface area contributed by atoms with Gasteiger partial charge in [-0.05, 0) is 81.7 Å². The molecule has 4 heteroatoms. The molecular formula is C47H32N4.